The summed E-state index contributed by atoms with van der Waals surface area (Å²) in [6.45, 7) is 0. The van der Waals surface area contributed by atoms with Crippen molar-refractivity contribution in [3.8, 4) is 5.75 Å². The minimum absolute atomic E-state index is 0.202. The van der Waals surface area contributed by atoms with Gasteiger partial charge < -0.3 is 10.1 Å². The lowest BCUT2D eigenvalue weighted by Crippen LogP contribution is -2.16. The summed E-state index contributed by atoms with van der Waals surface area (Å²) in [4.78, 5) is 1.26. The van der Waals surface area contributed by atoms with Crippen molar-refractivity contribution in [1.82, 2.24) is 5.32 Å². The third kappa shape index (κ3) is 2.42. The van der Waals surface area contributed by atoms with Crippen LogP contribution in [0.3, 0.4) is 0 Å². The maximum Gasteiger partial charge on any atom is 0.129 e. The average molecular weight is 283 g/mol. The molecule has 0 radical (unpaired) electrons. The van der Waals surface area contributed by atoms with Crippen LogP contribution in [0.5, 0.6) is 5.75 Å². The third-order valence-corrected chi connectivity index (χ3v) is 4.49. The van der Waals surface area contributed by atoms with Crippen LogP contribution >= 0.6 is 11.3 Å². The number of rotatable bonds is 4. The number of methoxy groups -OCH3 is 1. The Morgan fingerprint density at radius 1 is 1.05 bits per heavy atom. The molecule has 1 N–H and O–H groups in total. The molecule has 0 saturated heterocycles. The molecule has 3 rings (SSSR count). The first-order chi connectivity index (χ1) is 9.81. The number of hydrogen-bond acceptors (Lipinski definition) is 3. The van der Waals surface area contributed by atoms with E-state index < -0.39 is 0 Å². The van der Waals surface area contributed by atoms with Gasteiger partial charge in [-0.15, -0.1) is 11.3 Å². The Morgan fingerprint density at radius 2 is 1.85 bits per heavy atom. The molecule has 0 fully saturated rings. The fourth-order valence-corrected chi connectivity index (χ4v) is 3.44. The van der Waals surface area contributed by atoms with Crippen LogP contribution in [0, 0.1) is 0 Å². The van der Waals surface area contributed by atoms with E-state index in [4.69, 9.17) is 4.74 Å². The number of hydrogen-bond donors (Lipinski definition) is 1. The van der Waals surface area contributed by atoms with Gasteiger partial charge >= 0.3 is 0 Å². The zero-order chi connectivity index (χ0) is 13.9. The number of ether oxygens (including phenoxy) is 1. The maximum absolute atomic E-state index is 5.28. The second-order valence-electron chi connectivity index (χ2n) is 4.72. The molecular formula is C17H17NOS. The van der Waals surface area contributed by atoms with Gasteiger partial charge in [-0.25, -0.2) is 0 Å². The van der Waals surface area contributed by atoms with Crippen molar-refractivity contribution >= 4 is 22.1 Å². The Hall–Kier alpha value is -1.84. The number of thiophene rings is 1. The van der Waals surface area contributed by atoms with Gasteiger partial charge in [-0.1, -0.05) is 36.4 Å². The molecule has 2 nitrogen and oxygen atoms in total. The van der Waals surface area contributed by atoms with E-state index in [1.165, 1.54) is 21.2 Å². The molecule has 0 bridgehead atoms. The smallest absolute Gasteiger partial charge is 0.129 e. The van der Waals surface area contributed by atoms with Crippen molar-refractivity contribution in [3.05, 3.63) is 64.4 Å². The van der Waals surface area contributed by atoms with Crippen LogP contribution in [0.2, 0.25) is 0 Å². The van der Waals surface area contributed by atoms with Crippen molar-refractivity contribution in [2.75, 3.05) is 14.2 Å². The van der Waals surface area contributed by atoms with Crippen LogP contribution in [0.15, 0.2) is 53.9 Å². The van der Waals surface area contributed by atoms with Crippen molar-refractivity contribution in [2.45, 2.75) is 6.04 Å². The summed E-state index contributed by atoms with van der Waals surface area (Å²) >= 11 is 1.72. The summed E-state index contributed by atoms with van der Waals surface area (Å²) in [5.74, 6) is 0.922. The molecule has 0 amide bonds. The van der Waals surface area contributed by atoms with E-state index in [9.17, 15) is 0 Å². The van der Waals surface area contributed by atoms with E-state index in [0.29, 0.717) is 0 Å². The summed E-state index contributed by atoms with van der Waals surface area (Å²) < 4.78 is 5.28. The Labute approximate surface area is 123 Å². The van der Waals surface area contributed by atoms with Crippen molar-refractivity contribution in [1.29, 1.82) is 0 Å². The van der Waals surface area contributed by atoms with Gasteiger partial charge in [0, 0.05) is 10.3 Å². The monoisotopic (exact) mass is 283 g/mol. The minimum atomic E-state index is 0.202. The molecular weight excluding hydrogens is 266 g/mol. The zero-order valence-corrected chi connectivity index (χ0v) is 12.4. The molecule has 0 aliphatic heterocycles. The largest absolute Gasteiger partial charge is 0.496 e. The van der Waals surface area contributed by atoms with E-state index >= 15 is 0 Å². The Balaban J connectivity index is 2.02. The van der Waals surface area contributed by atoms with Gasteiger partial charge in [-0.05, 0) is 35.5 Å². The van der Waals surface area contributed by atoms with E-state index in [2.05, 4.69) is 53.8 Å². The standard InChI is InChI=1S/C17H17NOS/c1-18-17(16-10-15(19-2)11-20-16)14-8-7-12-5-3-4-6-13(12)9-14/h3-11,17-18H,1-2H3. The molecule has 0 saturated carbocycles. The summed E-state index contributed by atoms with van der Waals surface area (Å²) in [6.07, 6.45) is 0. The van der Waals surface area contributed by atoms with Gasteiger partial charge in [0.1, 0.15) is 5.75 Å². The molecule has 1 atom stereocenters. The number of fused-ring (bicyclic) bond motifs is 1. The number of benzene rings is 2. The molecule has 0 spiro atoms. The highest BCUT2D eigenvalue weighted by molar-refractivity contribution is 7.10. The molecule has 1 heterocycles. The number of nitrogens with one attached hydrogen (secondary N) is 1. The van der Waals surface area contributed by atoms with Gasteiger partial charge in [0.25, 0.3) is 0 Å². The highest BCUT2D eigenvalue weighted by atomic mass is 32.1. The summed E-state index contributed by atoms with van der Waals surface area (Å²) in [5.41, 5.74) is 1.27. The Kier molecular flexibility index (Phi) is 3.72. The van der Waals surface area contributed by atoms with E-state index in [1.54, 1.807) is 18.4 Å². The van der Waals surface area contributed by atoms with Gasteiger partial charge in [0.05, 0.1) is 13.2 Å². The molecule has 0 aliphatic carbocycles. The van der Waals surface area contributed by atoms with Crippen LogP contribution < -0.4 is 10.1 Å². The lowest BCUT2D eigenvalue weighted by molar-refractivity contribution is 0.416. The van der Waals surface area contributed by atoms with Crippen molar-refractivity contribution < 1.29 is 4.74 Å². The topological polar surface area (TPSA) is 21.3 Å². The quantitative estimate of drug-likeness (QED) is 0.774. The van der Waals surface area contributed by atoms with Crippen molar-refractivity contribution in [3.63, 3.8) is 0 Å². The molecule has 0 aliphatic rings. The third-order valence-electron chi connectivity index (χ3n) is 3.51. The minimum Gasteiger partial charge on any atom is -0.496 e. The van der Waals surface area contributed by atoms with Crippen molar-refractivity contribution in [2.24, 2.45) is 0 Å². The molecule has 3 aromatic rings. The first-order valence-corrected chi connectivity index (χ1v) is 7.48. The molecule has 20 heavy (non-hydrogen) atoms. The van der Waals surface area contributed by atoms with Crippen LogP contribution in [-0.2, 0) is 0 Å². The molecule has 102 valence electrons. The summed E-state index contributed by atoms with van der Waals surface area (Å²) in [7, 11) is 3.70. The van der Waals surface area contributed by atoms with Crippen LogP contribution in [0.25, 0.3) is 10.8 Å². The normalized spacial score (nSPS) is 12.5. The Morgan fingerprint density at radius 3 is 2.55 bits per heavy atom. The van der Waals surface area contributed by atoms with E-state index in [1.807, 2.05) is 12.4 Å². The van der Waals surface area contributed by atoms with E-state index in [-0.39, 0.29) is 6.04 Å². The highest BCUT2D eigenvalue weighted by Crippen LogP contribution is 2.32. The first-order valence-electron chi connectivity index (χ1n) is 6.60. The lowest BCUT2D eigenvalue weighted by Gasteiger charge is -2.15. The van der Waals surface area contributed by atoms with Gasteiger partial charge in [-0.3, -0.25) is 0 Å². The lowest BCUT2D eigenvalue weighted by atomic mass is 10.0. The van der Waals surface area contributed by atoms with Gasteiger partial charge in [-0.2, -0.15) is 0 Å². The van der Waals surface area contributed by atoms with E-state index in [0.717, 1.165) is 5.75 Å². The Bertz CT molecular complexity index is 720. The fourth-order valence-electron chi connectivity index (χ4n) is 2.45. The first kappa shape index (κ1) is 13.2. The average Bonchev–Trinajstić information content (AvgIpc) is 2.97. The summed E-state index contributed by atoms with van der Waals surface area (Å²) in [6, 6.07) is 17.4. The second-order valence-corrected chi connectivity index (χ2v) is 5.66. The fraction of sp³-hybridized carbons (Fsp3) is 0.176. The van der Waals surface area contributed by atoms with Crippen LogP contribution in [0.4, 0.5) is 0 Å². The predicted molar refractivity (Wildman–Crippen MR) is 85.7 cm³/mol. The summed E-state index contributed by atoms with van der Waals surface area (Å²) in [5, 5.41) is 7.98. The predicted octanol–water partition coefficient (Wildman–Crippen LogP) is 4.22. The molecule has 1 unspecified atom stereocenters. The second kappa shape index (κ2) is 5.65. The van der Waals surface area contributed by atoms with Crippen LogP contribution in [0.1, 0.15) is 16.5 Å². The molecule has 3 heteroatoms. The molecule has 2 aromatic carbocycles. The zero-order valence-electron chi connectivity index (χ0n) is 11.6. The van der Waals surface area contributed by atoms with Crippen LogP contribution in [-0.4, -0.2) is 14.2 Å². The highest BCUT2D eigenvalue weighted by Gasteiger charge is 2.15. The van der Waals surface area contributed by atoms with Gasteiger partial charge in [0.15, 0.2) is 0 Å². The van der Waals surface area contributed by atoms with Gasteiger partial charge in [0.2, 0.25) is 0 Å². The molecule has 1 aromatic heterocycles. The SMILES string of the molecule is CNC(c1ccc2ccccc2c1)c1cc(OC)cs1. The maximum atomic E-state index is 5.28.